The Balaban J connectivity index is 0.000000433. The number of aromatic hydroxyl groups is 1. The van der Waals surface area contributed by atoms with Crippen molar-refractivity contribution in [1.82, 2.24) is 59.2 Å². The molecule has 6 aromatic rings. The van der Waals surface area contributed by atoms with Gasteiger partial charge in [-0.2, -0.15) is 0 Å². The van der Waals surface area contributed by atoms with E-state index in [-0.39, 0.29) is 54.4 Å². The third-order valence-electron chi connectivity index (χ3n) is 24.8. The molecule has 6 fully saturated rings. The van der Waals surface area contributed by atoms with Crippen LogP contribution in [0.5, 0.6) is 34.5 Å². The minimum atomic E-state index is -0.446. The van der Waals surface area contributed by atoms with Crippen LogP contribution in [-0.2, 0) is 137 Å². The Kier molecular flexibility index (Phi) is 69.9. The van der Waals surface area contributed by atoms with Gasteiger partial charge in [-0.15, -0.1) is 36.8 Å². The molecule has 6 aliphatic heterocycles. The molecule has 12 rings (SSSR count). The molecule has 0 aromatic heterocycles. The summed E-state index contributed by atoms with van der Waals surface area (Å²) >= 11 is 13.3. The number of carbonyl (C=O) groups is 4. The summed E-state index contributed by atoms with van der Waals surface area (Å²) in [4.78, 5) is 69.7. The summed E-state index contributed by atoms with van der Waals surface area (Å²) in [6.45, 7) is 72.4. The topological polar surface area (TPSA) is 201 Å². The van der Waals surface area contributed by atoms with Gasteiger partial charge in [-0.05, 0) is 283 Å². The molecule has 6 aliphatic rings. The van der Waals surface area contributed by atoms with Crippen LogP contribution in [0.15, 0.2) is 109 Å². The van der Waals surface area contributed by atoms with E-state index in [0.29, 0.717) is 52.5 Å². The maximum absolute atomic E-state index is 12.1. The number of hydrogen-bond acceptors (Lipinski definition) is 26. The van der Waals surface area contributed by atoms with E-state index in [4.69, 9.17) is 55.5 Å². The summed E-state index contributed by atoms with van der Waals surface area (Å²) in [6.07, 6.45) is 16.3. The van der Waals surface area contributed by atoms with Gasteiger partial charge >= 0.3 is 12.2 Å². The minimum absolute atomic E-state index is 0. The van der Waals surface area contributed by atoms with Crippen LogP contribution in [0.25, 0.3) is 0 Å². The summed E-state index contributed by atoms with van der Waals surface area (Å²) in [6, 6.07) is 38.7. The van der Waals surface area contributed by atoms with Crippen LogP contribution >= 0.6 is 41.4 Å². The van der Waals surface area contributed by atoms with Gasteiger partial charge in [0.1, 0.15) is 79.4 Å². The Labute approximate surface area is 906 Å². The number of benzene rings is 6. The smallest absolute Gasteiger partial charge is 0.410 e. The van der Waals surface area contributed by atoms with Crippen LogP contribution in [0.1, 0.15) is 227 Å². The second kappa shape index (κ2) is 75.9. The Morgan fingerprint density at radius 1 is 0.324 bits per heavy atom. The lowest BCUT2D eigenvalue weighted by molar-refractivity contribution is -0.109. The van der Waals surface area contributed by atoms with E-state index in [0.717, 1.165) is 280 Å². The van der Waals surface area contributed by atoms with E-state index < -0.39 is 5.60 Å². The van der Waals surface area contributed by atoms with Crippen molar-refractivity contribution in [2.75, 3.05) is 233 Å². The molecule has 2 amide bonds. The summed E-state index contributed by atoms with van der Waals surface area (Å²) in [5, 5.41) is 13.0. The molecule has 4 atom stereocenters. The molecule has 822 valence electrons. The largest absolute Gasteiger partial charge is 0.508 e. The molecule has 24 nitrogen and oxygen atoms in total. The molecule has 6 heterocycles. The Hall–Kier alpha value is -5.70. The fourth-order valence-electron chi connectivity index (χ4n) is 15.9. The van der Waals surface area contributed by atoms with E-state index in [1.807, 2.05) is 60.6 Å². The normalized spacial score (nSPS) is 16.1. The van der Waals surface area contributed by atoms with E-state index >= 15 is 0 Å². The first-order chi connectivity index (χ1) is 68.9. The number of carbonyl (C=O) groups excluding carboxylic acids is 4. The van der Waals surface area contributed by atoms with Crippen LogP contribution in [-0.4, -0.2) is 326 Å². The van der Waals surface area contributed by atoms with Crippen LogP contribution in [0, 0.1) is 0 Å². The molecular weight excluding hydrogens is 1970 g/mol. The van der Waals surface area contributed by atoms with Crippen LogP contribution < -0.4 is 29.0 Å². The number of aryl methyl sites for hydroxylation is 12. The summed E-state index contributed by atoms with van der Waals surface area (Å²) in [7, 11) is 4.85. The van der Waals surface area contributed by atoms with Crippen molar-refractivity contribution in [2.45, 2.75) is 248 Å². The molecule has 0 bridgehead atoms. The maximum atomic E-state index is 12.1. The number of phenolic OH excluding ortho intramolecular Hbond substituents is 1. The van der Waals surface area contributed by atoms with E-state index in [9.17, 15) is 24.3 Å². The highest BCUT2D eigenvalue weighted by Gasteiger charge is 2.29. The molecule has 2 N–H and O–H groups in total. The Morgan fingerprint density at radius 3 is 0.731 bits per heavy atom. The lowest BCUT2D eigenvalue weighted by Gasteiger charge is -2.35. The third kappa shape index (κ3) is 58.7. The average molecular weight is 2170 g/mol. The van der Waals surface area contributed by atoms with Crippen LogP contribution in [0.3, 0.4) is 0 Å². The molecule has 0 radical (unpaired) electrons. The van der Waals surface area contributed by atoms with Gasteiger partial charge in [-0.25, -0.2) is 9.59 Å². The SMILES string of the molecule is C.CCN1CCN(C(=O)OC(C)(C)C)CC1.CCSC(C)=O.CCc1cc(CC)cc(OCN2CCN(C(=O)OC(C)(C)C)CC2)c1.CCc1cc(CC)cc(OCN2CCN(CS(C)=S)CC2)c1.CCc1cc(CC)cc(OCN2CCN(CS(C)=S)CC2)c1.CCc1cc(CC)cc(OCN2CCN(CSC(C)=O)CC2)c1.CCc1cc(CC)cc(OCN2CCNCC2)c1.CCc1cc(O)cc(CC)c1.PP. The molecule has 0 aliphatic carbocycles. The quantitative estimate of drug-likeness (QED) is 0.0355. The highest BCUT2D eigenvalue weighted by molar-refractivity contribution is 8.28. The number of nitrogens with zero attached hydrogens (tertiary/aromatic N) is 11. The lowest BCUT2D eigenvalue weighted by Crippen LogP contribution is -2.50. The van der Waals surface area contributed by atoms with Gasteiger partial charge in [-0.3, -0.25) is 48.8 Å². The number of likely N-dealkylation sites (N-methyl/N-ethyl adjacent to an activating group) is 1. The lowest BCUT2D eigenvalue weighted by atomic mass is 10.1. The van der Waals surface area contributed by atoms with Crippen LogP contribution in [0.4, 0.5) is 9.59 Å². The van der Waals surface area contributed by atoms with Crippen molar-refractivity contribution >= 4 is 105 Å². The molecule has 0 spiro atoms. The second-order valence-electron chi connectivity index (χ2n) is 38.7. The predicted octanol–water partition coefficient (Wildman–Crippen LogP) is 20.3. The number of nitrogens with one attached hydrogen (secondary N) is 1. The summed E-state index contributed by atoms with van der Waals surface area (Å²) in [5.74, 6) is 9.17. The Bertz CT molecular complexity index is 4400. The third-order valence-corrected chi connectivity index (χ3v) is 28.4. The van der Waals surface area contributed by atoms with E-state index in [2.05, 4.69) is 267 Å². The molecule has 32 heteroatoms. The first-order valence-corrected chi connectivity index (χ1v) is 63.0. The number of ether oxygens (including phenoxy) is 7. The number of amides is 2. The molecule has 145 heavy (non-hydrogen) atoms. The van der Waals surface area contributed by atoms with E-state index in [1.54, 1.807) is 23.6 Å². The molecule has 6 saturated heterocycles. The Morgan fingerprint density at radius 2 is 0.531 bits per heavy atom. The van der Waals surface area contributed by atoms with Gasteiger partial charge in [0.15, 0.2) is 10.2 Å². The first-order valence-electron chi connectivity index (χ1n) is 52.9. The van der Waals surface area contributed by atoms with Crippen molar-refractivity contribution in [3.8, 4) is 34.5 Å². The molecule has 0 saturated carbocycles. The molecular formula is C113H192N12O12P2S6. The van der Waals surface area contributed by atoms with Gasteiger partial charge < -0.3 is 58.3 Å². The van der Waals surface area contributed by atoms with Gasteiger partial charge in [0, 0.05) is 183 Å². The minimum Gasteiger partial charge on any atom is -0.508 e. The standard InChI is InChI=1S/C20H32N2O3.C18H28N2O2S.2C17H28N2OS2.C15H24N2O.C11H22N2O2.C10H14O.C4H8OS.CH4.H4P2/c1-6-16-12-17(7-2)14-18(13-16)24-15-21-8-10-22(11-9-21)19(23)25-20(3,4)5;1-4-16-10-17(5-2)12-18(11-16)22-13-19-6-8-20(9-7-19)14-23-15(3)21;2*1-4-15-10-16(5-2)12-17(11-15)20-13-18-6-8-19(9-7-18)14-22(3)21;1-3-13-9-14(4-2)11-15(10-13)18-12-17-7-5-16-6-8-17;1-5-12-6-8-13(9-7-12)10(14)15-11(2,3)4;1-3-8-5-9(4-2)7-10(11)6-8;1-3-6-4(2)5;;1-2/h12-14H,6-11,15H2,1-5H3;10-12H,4-9,13-14H2,1-3H3;2*10-12H,4-9,13-14H2,1-3H3;9-11,16H,3-8,12H2,1-2H3;5-9H2,1-4H3;5-7,11H,3-4H2,1-2H3;3H2,1-2H3;1H4;1-2H2. The van der Waals surface area contributed by atoms with Gasteiger partial charge in [0.2, 0.25) is 0 Å². The number of thioether (sulfide) groups is 2. The van der Waals surface area contributed by atoms with E-state index in [1.165, 1.54) is 90.3 Å². The zero-order chi connectivity index (χ0) is 107. The zero-order valence-corrected chi connectivity index (χ0v) is 100. The summed E-state index contributed by atoms with van der Waals surface area (Å²) < 4.78 is 40.8. The highest BCUT2D eigenvalue weighted by Crippen LogP contribution is 2.27. The fourth-order valence-corrected chi connectivity index (χ4v) is 19.4. The van der Waals surface area contributed by atoms with Gasteiger partial charge in [0.25, 0.3) is 0 Å². The maximum Gasteiger partial charge on any atom is 0.410 e. The van der Waals surface area contributed by atoms with Gasteiger partial charge in [0.05, 0.1) is 5.88 Å². The predicted molar refractivity (Wildman–Crippen MR) is 633 cm³/mol. The average Bonchev–Trinajstić information content (AvgIpc) is 0.867. The molecule has 4 unspecified atom stereocenters. The van der Waals surface area contributed by atoms with Crippen molar-refractivity contribution in [3.63, 3.8) is 0 Å². The summed E-state index contributed by atoms with van der Waals surface area (Å²) in [5.41, 5.74) is 15.1. The van der Waals surface area contributed by atoms with Crippen molar-refractivity contribution in [3.05, 3.63) is 176 Å². The number of phenols is 1. The number of piperazine rings is 6. The number of hydrogen-bond donors (Lipinski definition) is 2. The molecule has 6 aromatic carbocycles. The monoisotopic (exact) mass is 2160 g/mol. The van der Waals surface area contributed by atoms with Crippen molar-refractivity contribution < 1.29 is 57.4 Å². The zero-order valence-electron chi connectivity index (χ0n) is 92.9. The number of rotatable bonds is 35. The van der Waals surface area contributed by atoms with Crippen molar-refractivity contribution in [2.24, 2.45) is 0 Å². The first kappa shape index (κ1) is 133. The highest BCUT2D eigenvalue weighted by atomic mass is 32.8. The van der Waals surface area contributed by atoms with Gasteiger partial charge in [-0.1, -0.05) is 187 Å². The fraction of sp³-hybridized carbons (Fsp3) is 0.646. The van der Waals surface area contributed by atoms with Crippen LogP contribution in [0.2, 0.25) is 0 Å². The second-order valence-corrected chi connectivity index (χ2v) is 47.5. The van der Waals surface area contributed by atoms with Crippen molar-refractivity contribution in [1.29, 1.82) is 0 Å².